The number of pyridine rings is 1. The maximum absolute atomic E-state index is 11.9. The number of aromatic nitrogens is 1. The van der Waals surface area contributed by atoms with Crippen LogP contribution in [0.1, 0.15) is 18.2 Å². The molecule has 3 nitrogen and oxygen atoms in total. The van der Waals surface area contributed by atoms with Gasteiger partial charge in [0.15, 0.2) is 0 Å². The van der Waals surface area contributed by atoms with E-state index in [0.29, 0.717) is 12.2 Å². The van der Waals surface area contributed by atoms with Gasteiger partial charge >= 0.3 is 6.18 Å². The first-order valence-corrected chi connectivity index (χ1v) is 5.31. The van der Waals surface area contributed by atoms with Crippen LogP contribution in [0.5, 0.6) is 0 Å². The lowest BCUT2D eigenvalue weighted by Crippen LogP contribution is -2.18. The SMILES string of the molecule is CCNCc1cccnc1COCC(F)(F)F. The molecular weight excluding hydrogens is 233 g/mol. The number of hydrogen-bond acceptors (Lipinski definition) is 3. The Morgan fingerprint density at radius 2 is 2.18 bits per heavy atom. The summed E-state index contributed by atoms with van der Waals surface area (Å²) in [6.07, 6.45) is -2.75. The zero-order valence-electron chi connectivity index (χ0n) is 9.55. The third-order valence-corrected chi connectivity index (χ3v) is 2.05. The van der Waals surface area contributed by atoms with Gasteiger partial charge in [-0.3, -0.25) is 4.98 Å². The normalized spacial score (nSPS) is 11.8. The van der Waals surface area contributed by atoms with E-state index in [1.165, 1.54) is 0 Å². The van der Waals surface area contributed by atoms with Gasteiger partial charge in [0.2, 0.25) is 0 Å². The molecule has 1 rings (SSSR count). The van der Waals surface area contributed by atoms with E-state index in [4.69, 9.17) is 0 Å². The fraction of sp³-hybridized carbons (Fsp3) is 0.545. The van der Waals surface area contributed by atoms with E-state index in [-0.39, 0.29) is 6.61 Å². The van der Waals surface area contributed by atoms with Crippen LogP contribution in [0.3, 0.4) is 0 Å². The minimum Gasteiger partial charge on any atom is -0.366 e. The van der Waals surface area contributed by atoms with Crippen molar-refractivity contribution in [2.75, 3.05) is 13.2 Å². The smallest absolute Gasteiger partial charge is 0.366 e. The summed E-state index contributed by atoms with van der Waals surface area (Å²) in [5.41, 5.74) is 1.40. The summed E-state index contributed by atoms with van der Waals surface area (Å²) in [5.74, 6) is 0. The van der Waals surface area contributed by atoms with E-state index in [1.807, 2.05) is 13.0 Å². The molecule has 0 radical (unpaired) electrons. The van der Waals surface area contributed by atoms with Gasteiger partial charge in [0.1, 0.15) is 6.61 Å². The van der Waals surface area contributed by atoms with Crippen LogP contribution in [0.25, 0.3) is 0 Å². The van der Waals surface area contributed by atoms with Gasteiger partial charge in [-0.05, 0) is 18.2 Å². The van der Waals surface area contributed by atoms with E-state index in [9.17, 15) is 13.2 Å². The summed E-state index contributed by atoms with van der Waals surface area (Å²) in [7, 11) is 0. The highest BCUT2D eigenvalue weighted by Gasteiger charge is 2.27. The Kier molecular flexibility index (Phi) is 5.37. The Labute approximate surface area is 98.0 Å². The van der Waals surface area contributed by atoms with Crippen LogP contribution in [0.15, 0.2) is 18.3 Å². The fourth-order valence-corrected chi connectivity index (χ4v) is 1.29. The molecule has 6 heteroatoms. The molecule has 96 valence electrons. The first-order chi connectivity index (χ1) is 8.03. The number of rotatable bonds is 6. The van der Waals surface area contributed by atoms with Crippen molar-refractivity contribution < 1.29 is 17.9 Å². The maximum atomic E-state index is 11.9. The van der Waals surface area contributed by atoms with Crippen molar-refractivity contribution >= 4 is 0 Å². The second-order valence-electron chi connectivity index (χ2n) is 3.50. The molecular formula is C11H15F3N2O. The molecule has 1 aromatic heterocycles. The average molecular weight is 248 g/mol. The molecule has 0 spiro atoms. The Bertz CT molecular complexity index is 342. The van der Waals surface area contributed by atoms with Gasteiger partial charge in [0, 0.05) is 12.7 Å². The number of halogens is 3. The molecule has 0 fully saturated rings. The molecule has 0 aliphatic rings. The fourth-order valence-electron chi connectivity index (χ4n) is 1.29. The molecule has 1 aromatic rings. The Morgan fingerprint density at radius 1 is 1.41 bits per heavy atom. The van der Waals surface area contributed by atoms with Gasteiger partial charge in [0.05, 0.1) is 12.3 Å². The summed E-state index contributed by atoms with van der Waals surface area (Å²) in [5, 5.41) is 3.09. The van der Waals surface area contributed by atoms with Gasteiger partial charge in [0.25, 0.3) is 0 Å². The van der Waals surface area contributed by atoms with Gasteiger partial charge in [-0.1, -0.05) is 13.0 Å². The van der Waals surface area contributed by atoms with Crippen LogP contribution < -0.4 is 5.32 Å². The number of nitrogens with one attached hydrogen (secondary N) is 1. The third-order valence-electron chi connectivity index (χ3n) is 2.05. The number of ether oxygens (including phenoxy) is 1. The molecule has 0 atom stereocenters. The van der Waals surface area contributed by atoms with Crippen molar-refractivity contribution in [2.45, 2.75) is 26.3 Å². The topological polar surface area (TPSA) is 34.2 Å². The molecule has 1 heterocycles. The zero-order valence-corrected chi connectivity index (χ0v) is 9.55. The highest BCUT2D eigenvalue weighted by molar-refractivity contribution is 5.18. The Hall–Kier alpha value is -1.14. The van der Waals surface area contributed by atoms with E-state index < -0.39 is 12.8 Å². The van der Waals surface area contributed by atoms with E-state index in [1.54, 1.807) is 12.3 Å². The summed E-state index contributed by atoms with van der Waals surface area (Å²) >= 11 is 0. The quantitative estimate of drug-likeness (QED) is 0.838. The number of hydrogen-bond donors (Lipinski definition) is 1. The standard InChI is InChI=1S/C11H15F3N2O/c1-2-15-6-9-4-3-5-16-10(9)7-17-8-11(12,13)14/h3-5,15H,2,6-8H2,1H3. The lowest BCUT2D eigenvalue weighted by molar-refractivity contribution is -0.176. The molecule has 0 amide bonds. The van der Waals surface area contributed by atoms with Crippen LogP contribution in [0.2, 0.25) is 0 Å². The van der Waals surface area contributed by atoms with E-state index in [0.717, 1.165) is 12.1 Å². The van der Waals surface area contributed by atoms with Gasteiger partial charge in [-0.15, -0.1) is 0 Å². The number of alkyl halides is 3. The molecule has 0 aromatic carbocycles. The van der Waals surface area contributed by atoms with Crippen LogP contribution in [-0.4, -0.2) is 24.3 Å². The maximum Gasteiger partial charge on any atom is 0.411 e. The summed E-state index contributed by atoms with van der Waals surface area (Å²) in [6.45, 7) is 1.95. The lowest BCUT2D eigenvalue weighted by Gasteiger charge is -2.10. The highest BCUT2D eigenvalue weighted by Crippen LogP contribution is 2.16. The number of nitrogens with zero attached hydrogens (tertiary/aromatic N) is 1. The molecule has 0 bridgehead atoms. The van der Waals surface area contributed by atoms with Crippen molar-refractivity contribution in [3.63, 3.8) is 0 Å². The van der Waals surface area contributed by atoms with Crippen molar-refractivity contribution in [1.82, 2.24) is 10.3 Å². The molecule has 0 unspecified atom stereocenters. The minimum atomic E-state index is -4.30. The predicted octanol–water partition coefficient (Wildman–Crippen LogP) is 2.27. The largest absolute Gasteiger partial charge is 0.411 e. The molecule has 0 saturated carbocycles. The Morgan fingerprint density at radius 3 is 2.82 bits per heavy atom. The van der Waals surface area contributed by atoms with E-state index in [2.05, 4.69) is 15.0 Å². The van der Waals surface area contributed by atoms with Gasteiger partial charge in [-0.2, -0.15) is 13.2 Å². The third kappa shape index (κ3) is 5.65. The predicted molar refractivity (Wildman–Crippen MR) is 57.3 cm³/mol. The molecule has 0 aliphatic carbocycles. The lowest BCUT2D eigenvalue weighted by atomic mass is 10.2. The van der Waals surface area contributed by atoms with Gasteiger partial charge < -0.3 is 10.1 Å². The molecule has 0 saturated heterocycles. The summed E-state index contributed by atoms with van der Waals surface area (Å²) in [6, 6.07) is 3.57. The van der Waals surface area contributed by atoms with Crippen molar-refractivity contribution in [2.24, 2.45) is 0 Å². The zero-order chi connectivity index (χ0) is 12.7. The van der Waals surface area contributed by atoms with Crippen LogP contribution in [0, 0.1) is 0 Å². The molecule has 17 heavy (non-hydrogen) atoms. The summed E-state index contributed by atoms with van der Waals surface area (Å²) in [4.78, 5) is 4.02. The second-order valence-corrected chi connectivity index (χ2v) is 3.50. The molecule has 1 N–H and O–H groups in total. The first kappa shape index (κ1) is 13.9. The minimum absolute atomic E-state index is 0.124. The Balaban J connectivity index is 2.51. The van der Waals surface area contributed by atoms with Crippen molar-refractivity contribution in [1.29, 1.82) is 0 Å². The average Bonchev–Trinajstić information content (AvgIpc) is 2.26. The highest BCUT2D eigenvalue weighted by atomic mass is 19.4. The van der Waals surface area contributed by atoms with E-state index >= 15 is 0 Å². The van der Waals surface area contributed by atoms with Crippen LogP contribution in [-0.2, 0) is 17.9 Å². The van der Waals surface area contributed by atoms with Crippen molar-refractivity contribution in [3.8, 4) is 0 Å². The second kappa shape index (κ2) is 6.56. The molecule has 0 aliphatic heterocycles. The monoisotopic (exact) mass is 248 g/mol. The van der Waals surface area contributed by atoms with Crippen molar-refractivity contribution in [3.05, 3.63) is 29.6 Å². The van der Waals surface area contributed by atoms with Crippen LogP contribution in [0.4, 0.5) is 13.2 Å². The first-order valence-electron chi connectivity index (χ1n) is 5.31. The van der Waals surface area contributed by atoms with Gasteiger partial charge in [-0.25, -0.2) is 0 Å². The van der Waals surface area contributed by atoms with Crippen LogP contribution >= 0.6 is 0 Å². The summed E-state index contributed by atoms with van der Waals surface area (Å²) < 4.78 is 40.3.